The van der Waals surface area contributed by atoms with Crippen LogP contribution in [-0.4, -0.2) is 28.2 Å². The lowest BCUT2D eigenvalue weighted by atomic mass is 10.1. The Labute approximate surface area is 109 Å². The SMILES string of the molecule is CC(CCNC(=O)c1cc(N)cc(N)c1)S(C)=O. The molecule has 1 amide bonds. The van der Waals surface area contributed by atoms with Gasteiger partial charge in [0.05, 0.1) is 0 Å². The van der Waals surface area contributed by atoms with E-state index >= 15 is 0 Å². The van der Waals surface area contributed by atoms with Crippen molar-refractivity contribution in [3.63, 3.8) is 0 Å². The summed E-state index contributed by atoms with van der Waals surface area (Å²) in [6.45, 7) is 2.37. The maximum atomic E-state index is 11.8. The van der Waals surface area contributed by atoms with Crippen LogP contribution in [0.4, 0.5) is 11.4 Å². The largest absolute Gasteiger partial charge is 0.399 e. The van der Waals surface area contributed by atoms with E-state index in [1.54, 1.807) is 24.5 Å². The third-order valence-electron chi connectivity index (χ3n) is 2.64. The lowest BCUT2D eigenvalue weighted by molar-refractivity contribution is 0.0953. The first-order valence-corrected chi connectivity index (χ1v) is 7.28. The molecule has 0 aliphatic heterocycles. The second-order valence-electron chi connectivity index (χ2n) is 4.24. The molecule has 18 heavy (non-hydrogen) atoms. The van der Waals surface area contributed by atoms with Crippen molar-refractivity contribution in [2.75, 3.05) is 24.3 Å². The highest BCUT2D eigenvalue weighted by Gasteiger charge is 2.09. The lowest BCUT2D eigenvalue weighted by Gasteiger charge is -2.10. The van der Waals surface area contributed by atoms with Crippen molar-refractivity contribution < 1.29 is 9.00 Å². The first-order chi connectivity index (χ1) is 8.40. The van der Waals surface area contributed by atoms with Crippen molar-refractivity contribution >= 4 is 28.1 Å². The molecule has 6 heteroatoms. The van der Waals surface area contributed by atoms with Crippen LogP contribution in [0.15, 0.2) is 18.2 Å². The zero-order valence-electron chi connectivity index (χ0n) is 10.6. The fourth-order valence-corrected chi connectivity index (χ4v) is 1.91. The average Bonchev–Trinajstić information content (AvgIpc) is 2.27. The first-order valence-electron chi connectivity index (χ1n) is 5.66. The van der Waals surface area contributed by atoms with E-state index in [0.717, 1.165) is 0 Å². The summed E-state index contributed by atoms with van der Waals surface area (Å²) in [5.74, 6) is -0.219. The summed E-state index contributed by atoms with van der Waals surface area (Å²) in [5.41, 5.74) is 12.6. The maximum absolute atomic E-state index is 11.8. The van der Waals surface area contributed by atoms with Crippen molar-refractivity contribution in [2.24, 2.45) is 0 Å². The van der Waals surface area contributed by atoms with Crippen LogP contribution in [0.2, 0.25) is 0 Å². The summed E-state index contributed by atoms with van der Waals surface area (Å²) in [6, 6.07) is 4.75. The zero-order chi connectivity index (χ0) is 13.7. The number of nitrogens with two attached hydrogens (primary N) is 2. The van der Waals surface area contributed by atoms with Crippen LogP contribution >= 0.6 is 0 Å². The van der Waals surface area contributed by atoms with E-state index in [2.05, 4.69) is 5.32 Å². The van der Waals surface area contributed by atoms with Gasteiger partial charge in [0.25, 0.3) is 5.91 Å². The number of nitrogens with one attached hydrogen (secondary N) is 1. The van der Waals surface area contributed by atoms with Gasteiger partial charge < -0.3 is 16.8 Å². The molecule has 0 aromatic heterocycles. The van der Waals surface area contributed by atoms with Crippen LogP contribution in [0.25, 0.3) is 0 Å². The maximum Gasteiger partial charge on any atom is 0.251 e. The van der Waals surface area contributed by atoms with Gasteiger partial charge in [-0.1, -0.05) is 6.92 Å². The van der Waals surface area contributed by atoms with Crippen molar-refractivity contribution in [1.82, 2.24) is 5.32 Å². The van der Waals surface area contributed by atoms with Crippen LogP contribution in [-0.2, 0) is 10.8 Å². The summed E-state index contributed by atoms with van der Waals surface area (Å²) in [4.78, 5) is 11.8. The van der Waals surface area contributed by atoms with Gasteiger partial charge in [-0.05, 0) is 24.6 Å². The molecule has 0 radical (unpaired) electrons. The molecule has 2 unspecified atom stereocenters. The molecule has 1 aromatic rings. The third-order valence-corrected chi connectivity index (χ3v) is 4.01. The number of carbonyl (C=O) groups excluding carboxylic acids is 1. The van der Waals surface area contributed by atoms with Crippen LogP contribution in [0.5, 0.6) is 0 Å². The Morgan fingerprint density at radius 2 is 1.89 bits per heavy atom. The van der Waals surface area contributed by atoms with Crippen LogP contribution in [0.1, 0.15) is 23.7 Å². The van der Waals surface area contributed by atoms with E-state index in [9.17, 15) is 9.00 Å². The molecule has 1 aromatic carbocycles. The fraction of sp³-hybridized carbons (Fsp3) is 0.417. The van der Waals surface area contributed by atoms with Crippen LogP contribution in [0.3, 0.4) is 0 Å². The summed E-state index contributed by atoms with van der Waals surface area (Å²) in [5, 5.41) is 2.82. The molecule has 100 valence electrons. The molecule has 0 fully saturated rings. The Kier molecular flexibility index (Phi) is 5.15. The van der Waals surface area contributed by atoms with Gasteiger partial charge in [-0.2, -0.15) is 0 Å². The fourth-order valence-electron chi connectivity index (χ4n) is 1.46. The molecule has 0 bridgehead atoms. The van der Waals surface area contributed by atoms with Crippen molar-refractivity contribution in [3.8, 4) is 0 Å². The Morgan fingerprint density at radius 3 is 2.39 bits per heavy atom. The van der Waals surface area contributed by atoms with Gasteiger partial charge in [0.15, 0.2) is 0 Å². The minimum atomic E-state index is -0.868. The predicted octanol–water partition coefficient (Wildman–Crippen LogP) is 0.738. The number of carbonyl (C=O) groups is 1. The number of hydrogen-bond donors (Lipinski definition) is 3. The highest BCUT2D eigenvalue weighted by atomic mass is 32.2. The Hall–Kier alpha value is -1.56. The van der Waals surface area contributed by atoms with E-state index in [1.807, 2.05) is 6.92 Å². The van der Waals surface area contributed by atoms with Crippen molar-refractivity contribution in [3.05, 3.63) is 23.8 Å². The number of anilines is 2. The van der Waals surface area contributed by atoms with E-state index in [-0.39, 0.29) is 11.2 Å². The standard InChI is InChI=1S/C12H19N3O2S/c1-8(18(2)17)3-4-15-12(16)9-5-10(13)7-11(14)6-9/h5-8H,3-4,13-14H2,1-2H3,(H,15,16). The van der Waals surface area contributed by atoms with Gasteiger partial charge in [-0.15, -0.1) is 0 Å². The Bertz CT molecular complexity index is 442. The second kappa shape index (κ2) is 6.39. The minimum Gasteiger partial charge on any atom is -0.399 e. The minimum absolute atomic E-state index is 0.0659. The smallest absolute Gasteiger partial charge is 0.251 e. The third kappa shape index (κ3) is 4.37. The molecule has 0 heterocycles. The van der Waals surface area contributed by atoms with Crippen LogP contribution in [0, 0.1) is 0 Å². The van der Waals surface area contributed by atoms with Crippen molar-refractivity contribution in [1.29, 1.82) is 0 Å². The molecule has 2 atom stereocenters. The molecule has 1 rings (SSSR count). The normalized spacial score (nSPS) is 13.9. The van der Waals surface area contributed by atoms with Gasteiger partial charge in [0, 0.05) is 45.8 Å². The summed E-state index contributed by atoms with van der Waals surface area (Å²) in [7, 11) is -0.868. The van der Waals surface area contributed by atoms with Crippen LogP contribution < -0.4 is 16.8 Å². The number of hydrogen-bond acceptors (Lipinski definition) is 4. The number of nitrogen functional groups attached to an aromatic ring is 2. The van der Waals surface area contributed by atoms with Gasteiger partial charge in [0.1, 0.15) is 0 Å². The molecule has 0 aliphatic rings. The molecular formula is C12H19N3O2S. The molecule has 5 nitrogen and oxygen atoms in total. The molecular weight excluding hydrogens is 250 g/mol. The van der Waals surface area contributed by atoms with Gasteiger partial charge in [0.2, 0.25) is 0 Å². The summed E-state index contributed by atoms with van der Waals surface area (Å²) >= 11 is 0. The lowest BCUT2D eigenvalue weighted by Crippen LogP contribution is -2.27. The quantitative estimate of drug-likeness (QED) is 0.686. The summed E-state index contributed by atoms with van der Waals surface area (Å²) in [6.07, 6.45) is 2.33. The monoisotopic (exact) mass is 269 g/mol. The Morgan fingerprint density at radius 1 is 1.33 bits per heavy atom. The molecule has 0 spiro atoms. The van der Waals surface area contributed by atoms with E-state index in [0.29, 0.717) is 29.9 Å². The van der Waals surface area contributed by atoms with Gasteiger partial charge in [-0.25, -0.2) is 0 Å². The molecule has 5 N–H and O–H groups in total. The number of benzene rings is 1. The highest BCUT2D eigenvalue weighted by Crippen LogP contribution is 2.13. The topological polar surface area (TPSA) is 98.2 Å². The molecule has 0 saturated heterocycles. The zero-order valence-corrected chi connectivity index (χ0v) is 11.4. The number of amides is 1. The average molecular weight is 269 g/mol. The molecule has 0 saturated carbocycles. The highest BCUT2D eigenvalue weighted by molar-refractivity contribution is 7.84. The van der Waals surface area contributed by atoms with E-state index < -0.39 is 10.8 Å². The Balaban J connectivity index is 2.53. The van der Waals surface area contributed by atoms with E-state index in [1.165, 1.54) is 0 Å². The molecule has 0 aliphatic carbocycles. The van der Waals surface area contributed by atoms with Crippen molar-refractivity contribution in [2.45, 2.75) is 18.6 Å². The predicted molar refractivity (Wildman–Crippen MR) is 75.7 cm³/mol. The first kappa shape index (κ1) is 14.5. The second-order valence-corrected chi connectivity index (χ2v) is 6.04. The van der Waals surface area contributed by atoms with Gasteiger partial charge >= 0.3 is 0 Å². The number of rotatable bonds is 5. The summed E-state index contributed by atoms with van der Waals surface area (Å²) < 4.78 is 11.1. The van der Waals surface area contributed by atoms with Gasteiger partial charge in [-0.3, -0.25) is 9.00 Å². The van der Waals surface area contributed by atoms with E-state index in [4.69, 9.17) is 11.5 Å².